The van der Waals surface area contributed by atoms with Gasteiger partial charge in [0.25, 0.3) is 0 Å². The maximum atomic E-state index is 12.3. The van der Waals surface area contributed by atoms with Gasteiger partial charge in [-0.2, -0.15) is 0 Å². The number of hydrogen-bond donors (Lipinski definition) is 0. The molecule has 0 spiro atoms. The molecule has 30 heavy (non-hydrogen) atoms. The number of nitrogens with zero attached hydrogens (tertiary/aromatic N) is 3. The number of aryl methyl sites for hydroxylation is 2. The van der Waals surface area contributed by atoms with E-state index >= 15 is 0 Å². The topological polar surface area (TPSA) is 62.7 Å². The summed E-state index contributed by atoms with van der Waals surface area (Å²) in [6.07, 6.45) is -0.251. The van der Waals surface area contributed by atoms with Crippen molar-refractivity contribution in [1.29, 1.82) is 0 Å². The second kappa shape index (κ2) is 7.54. The van der Waals surface area contributed by atoms with Gasteiger partial charge < -0.3 is 14.5 Å². The number of hydrogen-bond acceptors (Lipinski definition) is 6. The van der Waals surface area contributed by atoms with Gasteiger partial charge in [0, 0.05) is 37.9 Å². The first-order valence-corrected chi connectivity index (χ1v) is 11.0. The molecule has 0 bridgehead atoms. The number of amides is 1. The van der Waals surface area contributed by atoms with Crippen molar-refractivity contribution in [3.63, 3.8) is 0 Å². The van der Waals surface area contributed by atoms with Crippen molar-refractivity contribution in [2.24, 2.45) is 0 Å². The molecule has 2 aliphatic heterocycles. The minimum Gasteiger partial charge on any atom is -0.444 e. The largest absolute Gasteiger partial charge is 0.444 e. The van der Waals surface area contributed by atoms with Crippen LogP contribution in [0.2, 0.25) is 0 Å². The Kier molecular flexibility index (Phi) is 5.18. The summed E-state index contributed by atoms with van der Waals surface area (Å²) in [4.78, 5) is 34.1. The van der Waals surface area contributed by atoms with E-state index < -0.39 is 5.60 Å². The lowest BCUT2D eigenvalue weighted by molar-refractivity contribution is 0.0240. The van der Waals surface area contributed by atoms with Gasteiger partial charge in [0.15, 0.2) is 5.43 Å². The van der Waals surface area contributed by atoms with E-state index in [2.05, 4.69) is 24.0 Å². The minimum atomic E-state index is -0.483. The van der Waals surface area contributed by atoms with Gasteiger partial charge in [-0.15, -0.1) is 11.3 Å². The fourth-order valence-corrected chi connectivity index (χ4v) is 4.97. The first kappa shape index (κ1) is 20.6. The normalized spacial score (nSPS) is 15.1. The number of anilines is 1. The zero-order valence-electron chi connectivity index (χ0n) is 18.1. The Hall–Kier alpha value is -2.67. The number of piperazine rings is 1. The smallest absolute Gasteiger partial charge is 0.410 e. The molecule has 0 atom stereocenters. The first-order chi connectivity index (χ1) is 14.1. The highest BCUT2D eigenvalue weighted by Gasteiger charge is 2.26. The van der Waals surface area contributed by atoms with Gasteiger partial charge in [-0.05, 0) is 63.9 Å². The highest BCUT2D eigenvalue weighted by atomic mass is 32.1. The van der Waals surface area contributed by atoms with E-state index in [1.165, 1.54) is 0 Å². The van der Waals surface area contributed by atoms with Crippen LogP contribution in [0.25, 0.3) is 20.8 Å². The summed E-state index contributed by atoms with van der Waals surface area (Å²) in [7, 11) is 0. The zero-order valence-corrected chi connectivity index (χ0v) is 18.9. The molecule has 1 saturated heterocycles. The third-order valence-electron chi connectivity index (χ3n) is 5.23. The molecular formula is C23H27N3O3S. The fraction of sp³-hybridized carbons (Fsp3) is 0.435. The van der Waals surface area contributed by atoms with Crippen LogP contribution in [-0.2, 0) is 4.74 Å². The Morgan fingerprint density at radius 1 is 1.03 bits per heavy atom. The standard InChI is InChI=1S/C23H27N3O3S/c1-14-10-16(25-6-8-26(9-7-25)22(28)29-23(3,4)5)12-18-20(14)24-21-15(2)11-17(27)13-19(21)30-18/h10-13H,6-9H2,1-5H3. The van der Waals surface area contributed by atoms with Crippen molar-refractivity contribution in [3.05, 3.63) is 45.6 Å². The van der Waals surface area contributed by atoms with Crippen LogP contribution in [0.15, 0.2) is 29.1 Å². The summed E-state index contributed by atoms with van der Waals surface area (Å²) in [6.45, 7) is 12.4. The monoisotopic (exact) mass is 425 g/mol. The molecule has 1 aromatic carbocycles. The van der Waals surface area contributed by atoms with Crippen LogP contribution < -0.4 is 10.3 Å². The Morgan fingerprint density at radius 3 is 2.40 bits per heavy atom. The van der Waals surface area contributed by atoms with Crippen molar-refractivity contribution < 1.29 is 9.53 Å². The first-order valence-electron chi connectivity index (χ1n) is 10.2. The van der Waals surface area contributed by atoms with Gasteiger partial charge >= 0.3 is 6.09 Å². The van der Waals surface area contributed by atoms with Crippen LogP contribution >= 0.6 is 11.3 Å². The summed E-state index contributed by atoms with van der Waals surface area (Å²) in [5.41, 5.74) is 4.56. The average Bonchev–Trinajstić information content (AvgIpc) is 2.65. The van der Waals surface area contributed by atoms with E-state index in [1.54, 1.807) is 28.4 Å². The predicted octanol–water partition coefficient (Wildman–Crippen LogP) is 4.44. The van der Waals surface area contributed by atoms with Crippen LogP contribution in [0, 0.1) is 13.8 Å². The summed E-state index contributed by atoms with van der Waals surface area (Å²) >= 11 is 1.61. The van der Waals surface area contributed by atoms with Crippen LogP contribution in [0.5, 0.6) is 0 Å². The van der Waals surface area contributed by atoms with Crippen molar-refractivity contribution in [2.75, 3.05) is 31.1 Å². The third kappa shape index (κ3) is 4.12. The maximum Gasteiger partial charge on any atom is 0.410 e. The fourth-order valence-electron chi connectivity index (χ4n) is 3.77. The van der Waals surface area contributed by atoms with Crippen molar-refractivity contribution in [2.45, 2.75) is 40.2 Å². The predicted molar refractivity (Wildman–Crippen MR) is 122 cm³/mol. The number of benzene rings is 2. The molecule has 0 saturated carbocycles. The van der Waals surface area contributed by atoms with E-state index in [4.69, 9.17) is 9.72 Å². The SMILES string of the molecule is Cc1cc(=O)cc2sc3cc(N4CCN(C(=O)OC(C)(C)C)CC4)cc(C)c3nc1-2. The number of carbonyl (C=O) groups excluding carboxylic acids is 1. The number of fused-ring (bicyclic) bond motifs is 2. The number of aromatic nitrogens is 1. The number of ether oxygens (including phenoxy) is 1. The van der Waals surface area contributed by atoms with E-state index in [0.717, 1.165) is 50.7 Å². The Morgan fingerprint density at radius 2 is 1.73 bits per heavy atom. The van der Waals surface area contributed by atoms with Crippen molar-refractivity contribution in [3.8, 4) is 10.6 Å². The van der Waals surface area contributed by atoms with Gasteiger partial charge in [0.2, 0.25) is 0 Å². The molecule has 7 heteroatoms. The van der Waals surface area contributed by atoms with E-state index in [0.29, 0.717) is 13.1 Å². The molecule has 0 N–H and O–H groups in total. The highest BCUT2D eigenvalue weighted by molar-refractivity contribution is 7.21. The summed E-state index contributed by atoms with van der Waals surface area (Å²) in [5.74, 6) is 0. The molecule has 1 aliphatic carbocycles. The molecule has 1 fully saturated rings. The molecule has 0 unspecified atom stereocenters. The summed E-state index contributed by atoms with van der Waals surface area (Å²) < 4.78 is 6.56. The van der Waals surface area contributed by atoms with Crippen LogP contribution in [0.4, 0.5) is 10.5 Å². The molecular weight excluding hydrogens is 398 g/mol. The second-order valence-corrected chi connectivity index (χ2v) is 9.95. The summed E-state index contributed by atoms with van der Waals surface area (Å²) in [6, 6.07) is 7.62. The molecule has 1 amide bonds. The lowest BCUT2D eigenvalue weighted by Gasteiger charge is -2.37. The lowest BCUT2D eigenvalue weighted by Crippen LogP contribution is -2.50. The van der Waals surface area contributed by atoms with Gasteiger partial charge in [-0.3, -0.25) is 4.79 Å². The van der Waals surface area contributed by atoms with Crippen molar-refractivity contribution >= 4 is 33.3 Å². The minimum absolute atomic E-state index is 0.0172. The maximum absolute atomic E-state index is 12.3. The Balaban J connectivity index is 1.60. The van der Waals surface area contributed by atoms with Gasteiger partial charge in [0.1, 0.15) is 5.60 Å². The molecule has 0 aromatic heterocycles. The summed E-state index contributed by atoms with van der Waals surface area (Å²) in [5, 5.41) is 0. The number of rotatable bonds is 1. The third-order valence-corrected chi connectivity index (χ3v) is 6.29. The van der Waals surface area contributed by atoms with Gasteiger partial charge in [-0.25, -0.2) is 9.78 Å². The Labute approximate surface area is 180 Å². The molecule has 6 nitrogen and oxygen atoms in total. The molecule has 2 heterocycles. The molecule has 4 rings (SSSR count). The van der Waals surface area contributed by atoms with Crippen LogP contribution in [0.3, 0.4) is 0 Å². The van der Waals surface area contributed by atoms with E-state index in [9.17, 15) is 9.59 Å². The quantitative estimate of drug-likeness (QED) is 0.540. The van der Waals surface area contributed by atoms with Crippen LogP contribution in [0.1, 0.15) is 31.9 Å². The molecule has 1 aromatic rings. The Bertz CT molecular complexity index is 1140. The second-order valence-electron chi connectivity index (χ2n) is 8.86. The zero-order chi connectivity index (χ0) is 21.6. The number of carbonyl (C=O) groups is 1. The van der Waals surface area contributed by atoms with Gasteiger partial charge in [-0.1, -0.05) is 0 Å². The highest BCUT2D eigenvalue weighted by Crippen LogP contribution is 2.35. The van der Waals surface area contributed by atoms with Gasteiger partial charge in [0.05, 0.1) is 20.8 Å². The lowest BCUT2D eigenvalue weighted by atomic mass is 10.1. The van der Waals surface area contributed by atoms with E-state index in [-0.39, 0.29) is 11.5 Å². The molecule has 3 aliphatic rings. The molecule has 0 radical (unpaired) electrons. The van der Waals surface area contributed by atoms with Crippen molar-refractivity contribution in [1.82, 2.24) is 9.88 Å². The van der Waals surface area contributed by atoms with E-state index in [1.807, 2.05) is 27.7 Å². The van der Waals surface area contributed by atoms with Crippen LogP contribution in [-0.4, -0.2) is 47.8 Å². The average molecular weight is 426 g/mol. The molecule has 158 valence electrons.